The van der Waals surface area contributed by atoms with E-state index in [1.165, 1.54) is 6.21 Å². The smallest absolute Gasteiger partial charge is 0.184 e. The number of hydrogen-bond donors (Lipinski definition) is 3. The minimum absolute atomic E-state index is 0.0874. The Kier molecular flexibility index (Phi) is 5.05. The predicted octanol–water partition coefficient (Wildman–Crippen LogP) is 1.41. The minimum Gasteiger partial charge on any atom is -0.487 e. The molecule has 0 bridgehead atoms. The highest BCUT2D eigenvalue weighted by Crippen LogP contribution is 2.16. The monoisotopic (exact) mass is 301 g/mol. The zero-order valence-electron chi connectivity index (χ0n) is 11.2. The summed E-state index contributed by atoms with van der Waals surface area (Å²) >= 11 is 4.66. The molecule has 0 aliphatic carbocycles. The molecule has 0 unspecified atom stereocenters. The number of nitrogen functional groups attached to an aromatic ring is 1. The molecule has 2 aromatic rings. The van der Waals surface area contributed by atoms with Crippen molar-refractivity contribution in [1.82, 2.24) is 10.4 Å². The molecule has 0 saturated carbocycles. The van der Waals surface area contributed by atoms with E-state index in [0.29, 0.717) is 23.7 Å². The van der Waals surface area contributed by atoms with Crippen LogP contribution in [0.15, 0.2) is 47.7 Å². The lowest BCUT2D eigenvalue weighted by Crippen LogP contribution is -2.24. The third-order valence-electron chi connectivity index (χ3n) is 2.51. The molecule has 21 heavy (non-hydrogen) atoms. The van der Waals surface area contributed by atoms with Crippen molar-refractivity contribution < 1.29 is 4.74 Å². The second-order valence-electron chi connectivity index (χ2n) is 4.15. The first-order chi connectivity index (χ1) is 10.1. The third-order valence-corrected chi connectivity index (χ3v) is 2.60. The Morgan fingerprint density at radius 2 is 2.24 bits per heavy atom. The number of hydrogen-bond acceptors (Lipinski definition) is 5. The van der Waals surface area contributed by atoms with E-state index >= 15 is 0 Å². The largest absolute Gasteiger partial charge is 0.487 e. The lowest BCUT2D eigenvalue weighted by molar-refractivity contribution is 0.304. The molecule has 0 aliphatic heterocycles. The van der Waals surface area contributed by atoms with E-state index in [2.05, 4.69) is 27.7 Å². The lowest BCUT2D eigenvalue weighted by atomic mass is 10.2. The highest BCUT2D eigenvalue weighted by atomic mass is 32.1. The third kappa shape index (κ3) is 4.73. The van der Waals surface area contributed by atoms with E-state index in [1.54, 1.807) is 18.3 Å². The van der Waals surface area contributed by atoms with Crippen LogP contribution in [0.3, 0.4) is 0 Å². The highest BCUT2D eigenvalue weighted by Gasteiger charge is 2.03. The molecule has 0 aliphatic rings. The molecular formula is C14H15N5OS. The average molecular weight is 301 g/mol. The first-order valence-corrected chi connectivity index (χ1v) is 6.57. The number of anilines is 1. The lowest BCUT2D eigenvalue weighted by Gasteiger charge is -2.08. The molecule has 2 rings (SSSR count). The Bertz CT molecular complexity index is 659. The Hall–Kier alpha value is -2.67. The summed E-state index contributed by atoms with van der Waals surface area (Å²) in [7, 11) is 0. The van der Waals surface area contributed by atoms with Gasteiger partial charge in [-0.1, -0.05) is 12.1 Å². The maximum atomic E-state index is 5.73. The summed E-state index contributed by atoms with van der Waals surface area (Å²) in [5.74, 6) is 0.605. The summed E-state index contributed by atoms with van der Waals surface area (Å²) in [5.41, 5.74) is 15.7. The minimum atomic E-state index is 0.0874. The van der Waals surface area contributed by atoms with Crippen LogP contribution in [0.5, 0.6) is 5.75 Å². The van der Waals surface area contributed by atoms with Crippen LogP contribution in [0.25, 0.3) is 0 Å². The Balaban J connectivity index is 2.06. The number of ether oxygens (including phenoxy) is 1. The van der Waals surface area contributed by atoms with Crippen molar-refractivity contribution in [3.8, 4) is 5.75 Å². The molecule has 5 N–H and O–H groups in total. The number of rotatable bonds is 5. The van der Waals surface area contributed by atoms with E-state index in [-0.39, 0.29) is 5.11 Å². The molecule has 0 radical (unpaired) electrons. The topological polar surface area (TPSA) is 98.5 Å². The van der Waals surface area contributed by atoms with Gasteiger partial charge in [0.1, 0.15) is 18.1 Å². The van der Waals surface area contributed by atoms with Crippen LogP contribution in [-0.4, -0.2) is 16.3 Å². The van der Waals surface area contributed by atoms with E-state index in [1.807, 2.05) is 24.3 Å². The maximum absolute atomic E-state index is 5.73. The molecule has 0 spiro atoms. The van der Waals surface area contributed by atoms with Gasteiger partial charge in [0.25, 0.3) is 0 Å². The number of nitrogens with zero attached hydrogens (tertiary/aromatic N) is 2. The van der Waals surface area contributed by atoms with Crippen LogP contribution in [0.4, 0.5) is 5.69 Å². The predicted molar refractivity (Wildman–Crippen MR) is 86.9 cm³/mol. The van der Waals surface area contributed by atoms with Crippen molar-refractivity contribution in [1.29, 1.82) is 0 Å². The fraction of sp³-hybridized carbons (Fsp3) is 0.0714. The molecule has 108 valence electrons. The van der Waals surface area contributed by atoms with Crippen LogP contribution < -0.4 is 21.6 Å². The second kappa shape index (κ2) is 7.20. The first-order valence-electron chi connectivity index (χ1n) is 6.16. The second-order valence-corrected chi connectivity index (χ2v) is 4.59. The highest BCUT2D eigenvalue weighted by molar-refractivity contribution is 7.80. The molecule has 1 aromatic carbocycles. The van der Waals surface area contributed by atoms with E-state index < -0.39 is 0 Å². The van der Waals surface area contributed by atoms with Crippen LogP contribution in [0, 0.1) is 0 Å². The molecule has 0 fully saturated rings. The summed E-state index contributed by atoms with van der Waals surface area (Å²) in [6.07, 6.45) is 3.14. The van der Waals surface area contributed by atoms with E-state index in [0.717, 1.165) is 5.56 Å². The maximum Gasteiger partial charge on any atom is 0.184 e. The number of hydrazone groups is 1. The summed E-state index contributed by atoms with van der Waals surface area (Å²) in [6, 6.07) is 11.1. The van der Waals surface area contributed by atoms with Crippen LogP contribution in [-0.2, 0) is 6.61 Å². The zero-order valence-corrected chi connectivity index (χ0v) is 12.0. The quantitative estimate of drug-likeness (QED) is 0.334. The Labute approximate surface area is 127 Å². The van der Waals surface area contributed by atoms with Gasteiger partial charge in [-0.15, -0.1) is 0 Å². The van der Waals surface area contributed by atoms with Gasteiger partial charge in [0.15, 0.2) is 5.11 Å². The number of thiocarbonyl (C=S) groups is 1. The van der Waals surface area contributed by atoms with Gasteiger partial charge in [-0.3, -0.25) is 10.4 Å². The van der Waals surface area contributed by atoms with Crippen molar-refractivity contribution >= 4 is 29.2 Å². The van der Waals surface area contributed by atoms with Gasteiger partial charge >= 0.3 is 0 Å². The summed E-state index contributed by atoms with van der Waals surface area (Å²) < 4.78 is 5.73. The number of benzene rings is 1. The van der Waals surface area contributed by atoms with Gasteiger partial charge in [0.2, 0.25) is 0 Å². The average Bonchev–Trinajstić information content (AvgIpc) is 2.46. The number of aromatic nitrogens is 1. The normalized spacial score (nSPS) is 10.5. The molecule has 1 heterocycles. The molecule has 1 aromatic heterocycles. The molecule has 0 saturated heterocycles. The summed E-state index contributed by atoms with van der Waals surface area (Å²) in [5, 5.41) is 3.95. The standard InChI is InChI=1S/C14H15N5OS/c15-11-4-1-3-10(7-11)9-20-13-5-2-6-17-12(13)8-18-19-14(16)21/h1-8H,9,15H2,(H3,16,19,21)/b18-8-. The molecular weight excluding hydrogens is 286 g/mol. The fourth-order valence-electron chi connectivity index (χ4n) is 1.62. The summed E-state index contributed by atoms with van der Waals surface area (Å²) in [4.78, 5) is 4.18. The van der Waals surface area contributed by atoms with Gasteiger partial charge in [-0.05, 0) is 42.0 Å². The SMILES string of the molecule is NC(=S)N/N=C\c1ncccc1OCc1cccc(N)c1. The Morgan fingerprint density at radius 3 is 3.00 bits per heavy atom. The molecule has 6 nitrogen and oxygen atoms in total. The Morgan fingerprint density at radius 1 is 1.38 bits per heavy atom. The van der Waals surface area contributed by atoms with Gasteiger partial charge in [0.05, 0.1) is 6.21 Å². The van der Waals surface area contributed by atoms with Crippen molar-refractivity contribution in [3.63, 3.8) is 0 Å². The van der Waals surface area contributed by atoms with Gasteiger partial charge in [0, 0.05) is 11.9 Å². The zero-order chi connectivity index (χ0) is 15.1. The fourth-order valence-corrected chi connectivity index (χ4v) is 1.68. The number of pyridine rings is 1. The van der Waals surface area contributed by atoms with Crippen molar-refractivity contribution in [2.45, 2.75) is 6.61 Å². The summed E-state index contributed by atoms with van der Waals surface area (Å²) in [6.45, 7) is 0.389. The van der Waals surface area contributed by atoms with Crippen molar-refractivity contribution in [2.24, 2.45) is 10.8 Å². The van der Waals surface area contributed by atoms with Gasteiger partial charge in [-0.2, -0.15) is 5.10 Å². The van der Waals surface area contributed by atoms with E-state index in [9.17, 15) is 0 Å². The van der Waals surface area contributed by atoms with Crippen molar-refractivity contribution in [2.75, 3.05) is 5.73 Å². The van der Waals surface area contributed by atoms with E-state index in [4.69, 9.17) is 16.2 Å². The number of nitrogens with one attached hydrogen (secondary N) is 1. The molecule has 0 atom stereocenters. The number of nitrogens with two attached hydrogens (primary N) is 2. The van der Waals surface area contributed by atoms with Crippen LogP contribution >= 0.6 is 12.2 Å². The van der Waals surface area contributed by atoms with Crippen LogP contribution in [0.2, 0.25) is 0 Å². The van der Waals surface area contributed by atoms with Crippen LogP contribution in [0.1, 0.15) is 11.3 Å². The molecule has 0 amide bonds. The van der Waals surface area contributed by atoms with Gasteiger partial charge in [-0.25, -0.2) is 0 Å². The van der Waals surface area contributed by atoms with Crippen molar-refractivity contribution in [3.05, 3.63) is 53.9 Å². The molecule has 7 heteroatoms. The van der Waals surface area contributed by atoms with Gasteiger partial charge < -0.3 is 16.2 Å². The first kappa shape index (κ1) is 14.7.